The molecule has 2 rings (SSSR count). The fourth-order valence-electron chi connectivity index (χ4n) is 2.06. The summed E-state index contributed by atoms with van der Waals surface area (Å²) in [6.45, 7) is 0.249. The van der Waals surface area contributed by atoms with E-state index >= 15 is 0 Å². The molecular formula is C12H16F2N2O3S. The van der Waals surface area contributed by atoms with Crippen molar-refractivity contribution in [1.29, 1.82) is 0 Å². The molecule has 0 aromatic heterocycles. The number of halogens is 2. The van der Waals surface area contributed by atoms with Gasteiger partial charge in [-0.15, -0.1) is 0 Å². The fraction of sp³-hybridized carbons (Fsp3) is 0.500. The Labute approximate surface area is 116 Å². The number of nitrogens with two attached hydrogens (primary N) is 1. The van der Waals surface area contributed by atoms with Crippen LogP contribution in [0.2, 0.25) is 0 Å². The van der Waals surface area contributed by atoms with Crippen LogP contribution in [-0.2, 0) is 21.3 Å². The summed E-state index contributed by atoms with van der Waals surface area (Å²) in [4.78, 5) is -0.600. The van der Waals surface area contributed by atoms with Crippen molar-refractivity contribution < 1.29 is 21.9 Å². The average molecular weight is 306 g/mol. The van der Waals surface area contributed by atoms with Crippen molar-refractivity contribution in [2.45, 2.75) is 30.4 Å². The Morgan fingerprint density at radius 1 is 1.40 bits per heavy atom. The van der Waals surface area contributed by atoms with Crippen molar-refractivity contribution >= 4 is 10.0 Å². The predicted molar refractivity (Wildman–Crippen MR) is 68.4 cm³/mol. The summed E-state index contributed by atoms with van der Waals surface area (Å²) < 4.78 is 58.8. The third-order valence-corrected chi connectivity index (χ3v) is 4.61. The number of nitrogens with one attached hydrogen (secondary N) is 1. The molecule has 3 N–H and O–H groups in total. The van der Waals surface area contributed by atoms with Gasteiger partial charge in [0.2, 0.25) is 10.0 Å². The molecule has 8 heteroatoms. The van der Waals surface area contributed by atoms with Crippen LogP contribution in [0.4, 0.5) is 8.78 Å². The zero-order chi connectivity index (χ0) is 14.8. The first-order valence-corrected chi connectivity index (χ1v) is 7.72. The molecule has 1 aliphatic heterocycles. The fourth-order valence-corrected chi connectivity index (χ4v) is 3.22. The monoisotopic (exact) mass is 306 g/mol. The molecule has 20 heavy (non-hydrogen) atoms. The number of benzene rings is 1. The third-order valence-electron chi connectivity index (χ3n) is 3.17. The van der Waals surface area contributed by atoms with Gasteiger partial charge in [-0.2, -0.15) is 0 Å². The van der Waals surface area contributed by atoms with Crippen LogP contribution >= 0.6 is 0 Å². The van der Waals surface area contributed by atoms with Crippen molar-refractivity contribution in [2.75, 3.05) is 13.2 Å². The minimum Gasteiger partial charge on any atom is -0.377 e. The zero-order valence-corrected chi connectivity index (χ0v) is 11.6. The SMILES string of the molecule is NCc1c(F)ccc(S(=O)(=O)NCC2CCCO2)c1F. The van der Waals surface area contributed by atoms with Crippen molar-refractivity contribution in [2.24, 2.45) is 5.73 Å². The van der Waals surface area contributed by atoms with Gasteiger partial charge in [-0.3, -0.25) is 0 Å². The standard InChI is InChI=1S/C12H16F2N2O3S/c13-10-3-4-11(12(14)9(10)6-15)20(17,18)16-7-8-2-1-5-19-8/h3-4,8,16H,1-2,5-7,15H2. The highest BCUT2D eigenvalue weighted by molar-refractivity contribution is 7.89. The molecule has 0 spiro atoms. The number of hydrogen-bond donors (Lipinski definition) is 2. The van der Waals surface area contributed by atoms with Crippen LogP contribution in [0.5, 0.6) is 0 Å². The van der Waals surface area contributed by atoms with Crippen LogP contribution in [0, 0.1) is 11.6 Å². The molecular weight excluding hydrogens is 290 g/mol. The molecule has 0 saturated carbocycles. The maximum Gasteiger partial charge on any atom is 0.243 e. The van der Waals surface area contributed by atoms with Crippen molar-refractivity contribution in [1.82, 2.24) is 4.72 Å². The van der Waals surface area contributed by atoms with Gasteiger partial charge in [0, 0.05) is 25.3 Å². The molecule has 0 radical (unpaired) electrons. The van der Waals surface area contributed by atoms with Gasteiger partial charge in [0.05, 0.1) is 6.10 Å². The molecule has 1 unspecified atom stereocenters. The Hall–Kier alpha value is -1.09. The maximum atomic E-state index is 14.0. The number of rotatable bonds is 5. The van der Waals surface area contributed by atoms with E-state index < -0.39 is 38.7 Å². The van der Waals surface area contributed by atoms with Crippen molar-refractivity contribution in [3.05, 3.63) is 29.3 Å². The molecule has 1 saturated heterocycles. The number of sulfonamides is 1. The van der Waals surface area contributed by atoms with Crippen LogP contribution in [0.1, 0.15) is 18.4 Å². The van der Waals surface area contributed by atoms with Gasteiger partial charge in [-0.1, -0.05) is 0 Å². The van der Waals surface area contributed by atoms with E-state index in [-0.39, 0.29) is 12.6 Å². The first-order chi connectivity index (χ1) is 9.45. The van der Waals surface area contributed by atoms with Gasteiger partial charge in [-0.05, 0) is 25.0 Å². The summed E-state index contributed by atoms with van der Waals surface area (Å²) in [6.07, 6.45) is 1.42. The van der Waals surface area contributed by atoms with Crippen molar-refractivity contribution in [3.63, 3.8) is 0 Å². The van der Waals surface area contributed by atoms with E-state index in [0.29, 0.717) is 6.61 Å². The molecule has 0 amide bonds. The van der Waals surface area contributed by atoms with E-state index in [0.717, 1.165) is 25.0 Å². The second kappa shape index (κ2) is 6.13. The second-order valence-electron chi connectivity index (χ2n) is 4.53. The highest BCUT2D eigenvalue weighted by atomic mass is 32.2. The lowest BCUT2D eigenvalue weighted by Crippen LogP contribution is -2.32. The zero-order valence-electron chi connectivity index (χ0n) is 10.7. The van der Waals surface area contributed by atoms with E-state index in [4.69, 9.17) is 10.5 Å². The molecule has 1 aliphatic rings. The Balaban J connectivity index is 2.20. The quantitative estimate of drug-likeness (QED) is 0.846. The first kappa shape index (κ1) is 15.3. The Bertz CT molecular complexity index is 587. The van der Waals surface area contributed by atoms with E-state index in [1.54, 1.807) is 0 Å². The summed E-state index contributed by atoms with van der Waals surface area (Å²) in [5.74, 6) is -2.00. The number of hydrogen-bond acceptors (Lipinski definition) is 4. The molecule has 5 nitrogen and oxygen atoms in total. The molecule has 0 aliphatic carbocycles. The summed E-state index contributed by atoms with van der Waals surface area (Å²) in [5, 5.41) is 0. The van der Waals surface area contributed by atoms with Gasteiger partial charge in [-0.25, -0.2) is 21.9 Å². The second-order valence-corrected chi connectivity index (χ2v) is 6.26. The van der Waals surface area contributed by atoms with E-state index in [9.17, 15) is 17.2 Å². The lowest BCUT2D eigenvalue weighted by Gasteiger charge is -2.13. The van der Waals surface area contributed by atoms with Crippen molar-refractivity contribution in [3.8, 4) is 0 Å². The Kier molecular flexibility index (Phi) is 4.69. The first-order valence-electron chi connectivity index (χ1n) is 6.24. The lowest BCUT2D eigenvalue weighted by molar-refractivity contribution is 0.114. The smallest absolute Gasteiger partial charge is 0.243 e. The largest absolute Gasteiger partial charge is 0.377 e. The van der Waals surface area contributed by atoms with Gasteiger partial charge < -0.3 is 10.5 Å². The van der Waals surface area contributed by atoms with E-state index in [1.165, 1.54) is 0 Å². The molecule has 112 valence electrons. The topological polar surface area (TPSA) is 81.4 Å². The Morgan fingerprint density at radius 3 is 2.75 bits per heavy atom. The minimum absolute atomic E-state index is 0.0666. The number of ether oxygens (including phenoxy) is 1. The summed E-state index contributed by atoms with van der Waals surface area (Å²) in [7, 11) is -4.05. The van der Waals surface area contributed by atoms with Crippen LogP contribution in [0.15, 0.2) is 17.0 Å². The highest BCUT2D eigenvalue weighted by Gasteiger charge is 2.25. The molecule has 0 bridgehead atoms. The minimum atomic E-state index is -4.05. The van der Waals surface area contributed by atoms with Gasteiger partial charge >= 0.3 is 0 Å². The normalized spacial score (nSPS) is 19.4. The van der Waals surface area contributed by atoms with Gasteiger partial charge in [0.1, 0.15) is 10.7 Å². The van der Waals surface area contributed by atoms with Crippen LogP contribution < -0.4 is 10.5 Å². The Morgan fingerprint density at radius 2 is 2.15 bits per heavy atom. The van der Waals surface area contributed by atoms with Gasteiger partial charge in [0.25, 0.3) is 0 Å². The molecule has 1 fully saturated rings. The predicted octanol–water partition coefficient (Wildman–Crippen LogP) is 0.881. The highest BCUT2D eigenvalue weighted by Crippen LogP contribution is 2.21. The van der Waals surface area contributed by atoms with E-state index in [1.807, 2.05) is 0 Å². The third kappa shape index (κ3) is 3.14. The summed E-state index contributed by atoms with van der Waals surface area (Å²) >= 11 is 0. The molecule has 1 atom stereocenters. The van der Waals surface area contributed by atoms with Crippen LogP contribution in [0.3, 0.4) is 0 Å². The summed E-state index contributed by atoms with van der Waals surface area (Å²) in [5.41, 5.74) is 4.78. The lowest BCUT2D eigenvalue weighted by atomic mass is 10.2. The molecule has 1 aromatic carbocycles. The van der Waals surface area contributed by atoms with E-state index in [2.05, 4.69) is 4.72 Å². The molecule has 1 heterocycles. The summed E-state index contributed by atoms with van der Waals surface area (Å²) in [6, 6.07) is 1.79. The maximum absolute atomic E-state index is 14.0. The van der Waals surface area contributed by atoms with Crippen LogP contribution in [-0.4, -0.2) is 27.7 Å². The van der Waals surface area contributed by atoms with Crippen LogP contribution in [0.25, 0.3) is 0 Å². The van der Waals surface area contributed by atoms with Gasteiger partial charge in [0.15, 0.2) is 5.82 Å². The molecule has 1 aromatic rings. The average Bonchev–Trinajstić information content (AvgIpc) is 2.90.